The molecule has 0 aliphatic heterocycles. The Hall–Kier alpha value is -3.61. The highest BCUT2D eigenvalue weighted by Crippen LogP contribution is 2.52. The number of aromatic hydroxyl groups is 1. The number of phenols is 1. The topological polar surface area (TPSA) is 117 Å². The Kier molecular flexibility index (Phi) is 5.16. The summed E-state index contributed by atoms with van der Waals surface area (Å²) < 4.78 is 17.3. The summed E-state index contributed by atoms with van der Waals surface area (Å²) in [5, 5.41) is 32.3. The van der Waals surface area contributed by atoms with E-state index in [4.69, 9.17) is 5.26 Å². The van der Waals surface area contributed by atoms with Gasteiger partial charge < -0.3 is 10.0 Å². The highest BCUT2D eigenvalue weighted by Gasteiger charge is 2.52. The Morgan fingerprint density at radius 1 is 1.23 bits per heavy atom. The molecule has 35 heavy (non-hydrogen) atoms. The molecule has 180 valence electrons. The van der Waals surface area contributed by atoms with Crippen LogP contribution in [0.25, 0.3) is 16.9 Å². The smallest absolute Gasteiger partial charge is 0.252 e. The number of hydrogen-bond donors (Lipinski definition) is 1. The lowest BCUT2D eigenvalue weighted by Crippen LogP contribution is -2.56. The molecule has 9 nitrogen and oxygen atoms in total. The molecule has 1 aromatic carbocycles. The fourth-order valence-corrected chi connectivity index (χ4v) is 6.05. The number of nitriles is 1. The van der Waals surface area contributed by atoms with Crippen LogP contribution in [-0.4, -0.2) is 53.3 Å². The maximum atomic E-state index is 15.8. The lowest BCUT2D eigenvalue weighted by atomic mass is 9.60. The van der Waals surface area contributed by atoms with Gasteiger partial charge in [-0.05, 0) is 50.2 Å². The molecule has 3 aliphatic carbocycles. The van der Waals surface area contributed by atoms with Gasteiger partial charge in [-0.1, -0.05) is 19.8 Å². The summed E-state index contributed by atoms with van der Waals surface area (Å²) in [7, 11) is 0. The van der Waals surface area contributed by atoms with Gasteiger partial charge in [-0.3, -0.25) is 0 Å². The van der Waals surface area contributed by atoms with Crippen molar-refractivity contribution in [3.63, 3.8) is 0 Å². The van der Waals surface area contributed by atoms with Gasteiger partial charge in [0.1, 0.15) is 30.0 Å². The van der Waals surface area contributed by atoms with Crippen LogP contribution in [0.1, 0.15) is 57.7 Å². The number of hydrogen-bond acceptors (Lipinski definition) is 8. The fourth-order valence-electron chi connectivity index (χ4n) is 6.05. The van der Waals surface area contributed by atoms with Crippen LogP contribution in [0, 0.1) is 22.7 Å². The predicted molar refractivity (Wildman–Crippen MR) is 125 cm³/mol. The van der Waals surface area contributed by atoms with E-state index in [9.17, 15) is 5.11 Å². The van der Waals surface area contributed by atoms with E-state index in [-0.39, 0.29) is 29.1 Å². The van der Waals surface area contributed by atoms with E-state index in [1.165, 1.54) is 23.5 Å². The minimum atomic E-state index is -0.905. The van der Waals surface area contributed by atoms with Crippen molar-refractivity contribution in [2.75, 3.05) is 4.90 Å². The van der Waals surface area contributed by atoms with Crippen molar-refractivity contribution >= 4 is 5.95 Å². The van der Waals surface area contributed by atoms with Gasteiger partial charge in [-0.15, -0.1) is 15.3 Å². The molecule has 0 spiro atoms. The molecule has 3 aliphatic rings. The van der Waals surface area contributed by atoms with E-state index < -0.39 is 6.17 Å². The monoisotopic (exact) mass is 474 g/mol. The number of halogens is 1. The average molecular weight is 475 g/mol. The van der Waals surface area contributed by atoms with Crippen LogP contribution in [0.5, 0.6) is 5.75 Å². The third-order valence-corrected chi connectivity index (χ3v) is 7.89. The standard InChI is InChI=1S/C25H27FN8O/c1-25-8-2-3-15(11-25)9-20(23(25)26)34(16-4-5-16)24-28-13-19(30-31-24)18-7-6-17(10-21(18)35)33-14-29-22(12-27)32-33/h6-7,10,13-16,20,23,35H,2-5,8-9,11H2,1H3/t15-,20+,23+,25+/m0/s1. The minimum Gasteiger partial charge on any atom is -0.507 e. The van der Waals surface area contributed by atoms with Gasteiger partial charge in [0, 0.05) is 23.1 Å². The summed E-state index contributed by atoms with van der Waals surface area (Å²) in [6.07, 6.45) is 9.19. The van der Waals surface area contributed by atoms with Gasteiger partial charge >= 0.3 is 0 Å². The molecule has 1 N–H and O–H groups in total. The average Bonchev–Trinajstić information content (AvgIpc) is 3.57. The van der Waals surface area contributed by atoms with E-state index in [2.05, 4.69) is 37.1 Å². The molecular weight excluding hydrogens is 447 g/mol. The van der Waals surface area contributed by atoms with Gasteiger partial charge in [0.05, 0.1) is 17.9 Å². The van der Waals surface area contributed by atoms with Crippen molar-refractivity contribution in [2.24, 2.45) is 11.3 Å². The molecule has 10 heteroatoms. The lowest BCUT2D eigenvalue weighted by molar-refractivity contribution is -0.0127. The summed E-state index contributed by atoms with van der Waals surface area (Å²) in [4.78, 5) is 10.6. The van der Waals surface area contributed by atoms with Gasteiger partial charge in [0.2, 0.25) is 5.95 Å². The van der Waals surface area contributed by atoms with Crippen LogP contribution in [0.2, 0.25) is 0 Å². The maximum Gasteiger partial charge on any atom is 0.252 e. The summed E-state index contributed by atoms with van der Waals surface area (Å²) in [6, 6.07) is 6.89. The van der Waals surface area contributed by atoms with Gasteiger partial charge in [0.25, 0.3) is 5.82 Å². The first-order valence-electron chi connectivity index (χ1n) is 12.2. The molecule has 0 unspecified atom stereocenters. The summed E-state index contributed by atoms with van der Waals surface area (Å²) in [6.45, 7) is 2.11. The SMILES string of the molecule is C[C@]12CCC[C@@H](C[C@@H](N(c3ncc(-c4ccc(-n5cnc(C#N)n5)cc4O)nn3)C3CC3)[C@H]1F)C2. The Labute approximate surface area is 202 Å². The van der Waals surface area contributed by atoms with Crippen molar-refractivity contribution < 1.29 is 9.50 Å². The number of fused-ring (bicyclic) bond motifs is 2. The molecule has 2 aromatic heterocycles. The number of alkyl halides is 1. The summed E-state index contributed by atoms with van der Waals surface area (Å²) in [5.74, 6) is 1.06. The lowest BCUT2D eigenvalue weighted by Gasteiger charge is -2.51. The number of phenolic OH excluding ortho intramolecular Hbond substituents is 1. The second-order valence-corrected chi connectivity index (χ2v) is 10.4. The second kappa shape index (κ2) is 8.26. The third kappa shape index (κ3) is 3.89. The van der Waals surface area contributed by atoms with E-state index >= 15 is 4.39 Å². The van der Waals surface area contributed by atoms with Crippen molar-refractivity contribution in [1.82, 2.24) is 29.9 Å². The van der Waals surface area contributed by atoms with Crippen LogP contribution >= 0.6 is 0 Å². The van der Waals surface area contributed by atoms with Crippen molar-refractivity contribution in [1.29, 1.82) is 5.26 Å². The number of anilines is 1. The second-order valence-electron chi connectivity index (χ2n) is 10.4. The Morgan fingerprint density at radius 3 is 2.77 bits per heavy atom. The van der Waals surface area contributed by atoms with Crippen LogP contribution in [0.15, 0.2) is 30.7 Å². The number of aromatic nitrogens is 6. The third-order valence-electron chi connectivity index (χ3n) is 7.89. The molecule has 6 rings (SSSR count). The number of rotatable bonds is 5. The van der Waals surface area contributed by atoms with Crippen LogP contribution in [-0.2, 0) is 0 Å². The molecule has 0 radical (unpaired) electrons. The van der Waals surface area contributed by atoms with Crippen molar-refractivity contribution in [3.8, 4) is 28.8 Å². The van der Waals surface area contributed by atoms with Crippen molar-refractivity contribution in [3.05, 3.63) is 36.5 Å². The zero-order valence-corrected chi connectivity index (χ0v) is 19.5. The molecule has 4 atom stereocenters. The van der Waals surface area contributed by atoms with Crippen molar-refractivity contribution in [2.45, 2.75) is 70.1 Å². The van der Waals surface area contributed by atoms with Crippen LogP contribution < -0.4 is 4.90 Å². The molecule has 2 bridgehead atoms. The predicted octanol–water partition coefficient (Wildman–Crippen LogP) is 3.97. The van der Waals surface area contributed by atoms with Gasteiger partial charge in [-0.2, -0.15) is 5.26 Å². The summed E-state index contributed by atoms with van der Waals surface area (Å²) >= 11 is 0. The maximum absolute atomic E-state index is 15.8. The quantitative estimate of drug-likeness (QED) is 0.590. The highest BCUT2D eigenvalue weighted by atomic mass is 19.1. The highest BCUT2D eigenvalue weighted by molar-refractivity contribution is 5.68. The Bertz CT molecular complexity index is 1280. The van der Waals surface area contributed by atoms with Crippen LogP contribution in [0.3, 0.4) is 0 Å². The Morgan fingerprint density at radius 2 is 2.09 bits per heavy atom. The molecule has 2 heterocycles. The van der Waals surface area contributed by atoms with Crippen LogP contribution in [0.4, 0.5) is 10.3 Å². The minimum absolute atomic E-state index is 0.0174. The molecule has 3 fully saturated rings. The first-order valence-corrected chi connectivity index (χ1v) is 12.2. The Balaban J connectivity index is 1.26. The van der Waals surface area contributed by atoms with Gasteiger partial charge in [-0.25, -0.2) is 19.0 Å². The largest absolute Gasteiger partial charge is 0.507 e. The number of benzene rings is 1. The zero-order valence-electron chi connectivity index (χ0n) is 19.5. The number of nitrogens with zero attached hydrogens (tertiary/aromatic N) is 8. The molecule has 0 amide bonds. The fraction of sp³-hybridized carbons (Fsp3) is 0.520. The molecule has 3 aromatic rings. The van der Waals surface area contributed by atoms with E-state index in [0.717, 1.165) is 38.5 Å². The summed E-state index contributed by atoms with van der Waals surface area (Å²) in [5.41, 5.74) is 1.19. The molecule has 0 saturated heterocycles. The first kappa shape index (κ1) is 21.9. The normalized spacial score (nSPS) is 27.9. The molecular formula is C25H27FN8O. The zero-order chi connectivity index (χ0) is 24.2. The van der Waals surface area contributed by atoms with Gasteiger partial charge in [0.15, 0.2) is 0 Å². The van der Waals surface area contributed by atoms with E-state index in [0.29, 0.717) is 28.8 Å². The first-order chi connectivity index (χ1) is 16.9. The molecule has 3 saturated carbocycles. The van der Waals surface area contributed by atoms with E-state index in [1.54, 1.807) is 18.3 Å². The van der Waals surface area contributed by atoms with E-state index in [1.807, 2.05) is 6.07 Å².